The lowest BCUT2D eigenvalue weighted by atomic mass is 9.65. The molecule has 5 rings (SSSR count). The molecule has 1 aliphatic carbocycles. The second-order valence-corrected chi connectivity index (χ2v) is 12.6. The summed E-state index contributed by atoms with van der Waals surface area (Å²) in [4.78, 5) is 25.6. The van der Waals surface area contributed by atoms with Crippen molar-refractivity contribution in [3.63, 3.8) is 0 Å². The fourth-order valence-electron chi connectivity index (χ4n) is 5.89. The van der Waals surface area contributed by atoms with Gasteiger partial charge in [-0.3, -0.25) is 4.79 Å². The second-order valence-electron chi connectivity index (χ2n) is 10.9. The number of piperidine rings is 1. The molecule has 2 aliphatic heterocycles. The first-order chi connectivity index (χ1) is 17.1. The fourth-order valence-corrected chi connectivity index (χ4v) is 6.77. The van der Waals surface area contributed by atoms with Gasteiger partial charge in [0.05, 0.1) is 15.9 Å². The highest BCUT2D eigenvalue weighted by atomic mass is 79.9. The summed E-state index contributed by atoms with van der Waals surface area (Å²) in [5, 5.41) is 14.1. The lowest BCUT2D eigenvalue weighted by molar-refractivity contribution is -0.158. The highest BCUT2D eigenvalue weighted by Gasteiger charge is 2.49. The molecule has 0 spiro atoms. The molecule has 3 heterocycles. The van der Waals surface area contributed by atoms with Crippen molar-refractivity contribution >= 4 is 56.9 Å². The van der Waals surface area contributed by atoms with Crippen molar-refractivity contribution < 1.29 is 9.90 Å². The maximum absolute atomic E-state index is 11.5. The van der Waals surface area contributed by atoms with Crippen LogP contribution in [0, 0.1) is 17.3 Å². The lowest BCUT2D eigenvalue weighted by Gasteiger charge is -2.52. The van der Waals surface area contributed by atoms with Crippen LogP contribution in [0.5, 0.6) is 0 Å². The van der Waals surface area contributed by atoms with Crippen molar-refractivity contribution in [2.45, 2.75) is 51.6 Å². The van der Waals surface area contributed by atoms with E-state index in [-0.39, 0.29) is 6.04 Å². The molecule has 10 heteroatoms. The van der Waals surface area contributed by atoms with Gasteiger partial charge < -0.3 is 20.2 Å². The molecule has 2 N–H and O–H groups in total. The average molecular weight is 597 g/mol. The number of anilines is 2. The molecule has 0 bridgehead atoms. The summed E-state index contributed by atoms with van der Waals surface area (Å²) in [6, 6.07) is 5.88. The van der Waals surface area contributed by atoms with Crippen molar-refractivity contribution in [3.8, 4) is 0 Å². The molecule has 0 radical (unpaired) electrons. The highest BCUT2D eigenvalue weighted by Crippen LogP contribution is 2.45. The molecule has 1 saturated carbocycles. The number of benzene rings is 1. The van der Waals surface area contributed by atoms with Crippen molar-refractivity contribution in [3.05, 3.63) is 44.5 Å². The fraction of sp³-hybridized carbons (Fsp3) is 0.577. The smallest absolute Gasteiger partial charge is 0.309 e. The zero-order valence-electron chi connectivity index (χ0n) is 20.6. The second kappa shape index (κ2) is 10.3. The molecular formula is C26H32BrCl2N5O2. The summed E-state index contributed by atoms with van der Waals surface area (Å²) in [5.74, 6) is 2.07. The molecule has 0 amide bonds. The van der Waals surface area contributed by atoms with Crippen LogP contribution in [0.3, 0.4) is 0 Å². The summed E-state index contributed by atoms with van der Waals surface area (Å²) >= 11 is 16.0. The van der Waals surface area contributed by atoms with Gasteiger partial charge in [0, 0.05) is 41.9 Å². The number of nitrogens with one attached hydrogen (secondary N) is 1. The number of hydrogen-bond acceptors (Lipinski definition) is 6. The summed E-state index contributed by atoms with van der Waals surface area (Å²) in [7, 11) is 0. The Morgan fingerprint density at radius 2 is 2.00 bits per heavy atom. The van der Waals surface area contributed by atoms with Gasteiger partial charge in [-0.15, -0.1) is 0 Å². The van der Waals surface area contributed by atoms with Crippen LogP contribution < -0.4 is 10.2 Å². The normalized spacial score (nSPS) is 27.8. The topological polar surface area (TPSA) is 81.6 Å². The highest BCUT2D eigenvalue weighted by molar-refractivity contribution is 9.10. The number of nitrogens with zero attached hydrogens (tertiary/aromatic N) is 4. The number of likely N-dealkylation sites (tertiary alicyclic amines) is 1. The molecule has 194 valence electrons. The monoisotopic (exact) mass is 595 g/mol. The largest absolute Gasteiger partial charge is 0.481 e. The van der Waals surface area contributed by atoms with Gasteiger partial charge in [0.25, 0.3) is 0 Å². The van der Waals surface area contributed by atoms with E-state index in [1.807, 2.05) is 26.0 Å². The number of aromatic nitrogens is 2. The lowest BCUT2D eigenvalue weighted by Crippen LogP contribution is -2.58. The molecule has 1 aromatic heterocycles. The molecule has 0 unspecified atom stereocenters. The molecule has 7 nitrogen and oxygen atoms in total. The molecule has 2 saturated heterocycles. The quantitative estimate of drug-likeness (QED) is 0.398. The van der Waals surface area contributed by atoms with Gasteiger partial charge in [-0.05, 0) is 91.5 Å². The first kappa shape index (κ1) is 26.0. The van der Waals surface area contributed by atoms with Crippen LogP contribution in [0.25, 0.3) is 0 Å². The average Bonchev–Trinajstić information content (AvgIpc) is 2.78. The molecule has 3 fully saturated rings. The van der Waals surface area contributed by atoms with E-state index < -0.39 is 11.4 Å². The van der Waals surface area contributed by atoms with Gasteiger partial charge >= 0.3 is 5.97 Å². The van der Waals surface area contributed by atoms with Crippen LogP contribution >= 0.6 is 39.1 Å². The number of carbonyl (C=O) groups is 1. The maximum Gasteiger partial charge on any atom is 0.309 e. The molecule has 2 atom stereocenters. The van der Waals surface area contributed by atoms with Crippen LogP contribution in [-0.4, -0.2) is 58.2 Å². The van der Waals surface area contributed by atoms with Crippen LogP contribution in [0.15, 0.2) is 28.9 Å². The van der Waals surface area contributed by atoms with E-state index in [1.54, 1.807) is 12.3 Å². The predicted octanol–water partition coefficient (Wildman–Crippen LogP) is 6.12. The van der Waals surface area contributed by atoms with Crippen molar-refractivity contribution in [2.24, 2.45) is 17.3 Å². The summed E-state index contributed by atoms with van der Waals surface area (Å²) in [6.07, 6.45) is 5.77. The zero-order valence-corrected chi connectivity index (χ0v) is 23.7. The van der Waals surface area contributed by atoms with Gasteiger partial charge in [-0.1, -0.05) is 29.3 Å². The van der Waals surface area contributed by atoms with E-state index in [9.17, 15) is 9.90 Å². The van der Waals surface area contributed by atoms with E-state index in [4.69, 9.17) is 28.2 Å². The van der Waals surface area contributed by atoms with Gasteiger partial charge in [0.2, 0.25) is 5.95 Å². The summed E-state index contributed by atoms with van der Waals surface area (Å²) in [6.45, 7) is 7.99. The molecular weight excluding hydrogens is 565 g/mol. The van der Waals surface area contributed by atoms with Crippen LogP contribution in [-0.2, 0) is 4.79 Å². The molecule has 3 aliphatic rings. The van der Waals surface area contributed by atoms with E-state index in [0.29, 0.717) is 27.9 Å². The third-order valence-corrected chi connectivity index (χ3v) is 9.41. The number of aliphatic carboxylic acids is 1. The molecule has 2 aromatic rings. The number of carboxylic acids is 1. The minimum absolute atomic E-state index is 0.0549. The first-order valence-corrected chi connectivity index (χ1v) is 14.1. The Labute approximate surface area is 230 Å². The van der Waals surface area contributed by atoms with Gasteiger partial charge in [-0.2, -0.15) is 4.98 Å². The third-order valence-electron chi connectivity index (χ3n) is 8.27. The molecule has 1 aromatic carbocycles. The predicted molar refractivity (Wildman–Crippen MR) is 147 cm³/mol. The maximum atomic E-state index is 11.5. The number of hydrogen-bond donors (Lipinski definition) is 2. The molecule has 36 heavy (non-hydrogen) atoms. The minimum atomic E-state index is -0.657. The standard InChI is InChI=1S/C26H32BrCl2N5O2/c1-15(20-6-5-18(28)8-22(20)29)31-23-21(27)11-30-25(32-23)34-13-17(14-34)16-4-3-7-33(12-16)19-9-26(2,10-19)24(35)36/h5-6,8,11,15-17,19H,3-4,7,9-10,12-14H2,1-2H3,(H,35,36)(H,30,31,32)/t15-,16+,19-,26-/m1/s1. The Kier molecular flexibility index (Phi) is 7.42. The first-order valence-electron chi connectivity index (χ1n) is 12.6. The number of carboxylic acid groups (broad SMARTS) is 1. The number of rotatable bonds is 7. The Hall–Kier alpha value is -1.61. The van der Waals surface area contributed by atoms with Crippen molar-refractivity contribution in [1.29, 1.82) is 0 Å². The Morgan fingerprint density at radius 1 is 1.25 bits per heavy atom. The van der Waals surface area contributed by atoms with E-state index in [0.717, 1.165) is 60.8 Å². The van der Waals surface area contributed by atoms with Crippen LogP contribution in [0.2, 0.25) is 10.0 Å². The van der Waals surface area contributed by atoms with E-state index in [1.165, 1.54) is 12.8 Å². The van der Waals surface area contributed by atoms with Gasteiger partial charge in [0.15, 0.2) is 0 Å². The summed E-state index contributed by atoms with van der Waals surface area (Å²) < 4.78 is 0.803. The summed E-state index contributed by atoms with van der Waals surface area (Å²) in [5.41, 5.74) is 0.417. The van der Waals surface area contributed by atoms with Crippen molar-refractivity contribution in [2.75, 3.05) is 36.4 Å². The van der Waals surface area contributed by atoms with Crippen molar-refractivity contribution in [1.82, 2.24) is 14.9 Å². The van der Waals surface area contributed by atoms with Crippen LogP contribution in [0.4, 0.5) is 11.8 Å². The Bertz CT molecular complexity index is 1140. The van der Waals surface area contributed by atoms with E-state index in [2.05, 4.69) is 36.0 Å². The van der Waals surface area contributed by atoms with Gasteiger partial charge in [-0.25, -0.2) is 4.98 Å². The van der Waals surface area contributed by atoms with Gasteiger partial charge in [0.1, 0.15) is 5.82 Å². The number of halogens is 3. The van der Waals surface area contributed by atoms with Crippen LogP contribution in [0.1, 0.15) is 51.1 Å². The Balaban J connectivity index is 1.17. The van der Waals surface area contributed by atoms with E-state index >= 15 is 0 Å². The zero-order chi connectivity index (χ0) is 25.6. The SMILES string of the molecule is C[C@@H](Nc1nc(N2CC([C@H]3CCCN([C@H]4C[C@](C)(C(=O)O)C4)C3)C2)ncc1Br)c1ccc(Cl)cc1Cl. The third kappa shape index (κ3) is 5.19. The minimum Gasteiger partial charge on any atom is -0.481 e. The Morgan fingerprint density at radius 3 is 2.69 bits per heavy atom.